The summed E-state index contributed by atoms with van der Waals surface area (Å²) in [5.41, 5.74) is 1.74. The SMILES string of the molecule is C=CCn1c(CC23CC4CC(CC(C4)C2)C3)nnc1SCc1ccc(Cl)cc1. The van der Waals surface area contributed by atoms with Crippen molar-refractivity contribution in [2.75, 3.05) is 0 Å². The van der Waals surface area contributed by atoms with E-state index < -0.39 is 0 Å². The van der Waals surface area contributed by atoms with Gasteiger partial charge in [0.25, 0.3) is 0 Å². The van der Waals surface area contributed by atoms with Crippen LogP contribution in [0.1, 0.15) is 49.9 Å². The number of benzene rings is 1. The molecule has 0 radical (unpaired) electrons. The molecule has 3 nitrogen and oxygen atoms in total. The molecular weight excluding hydrogens is 386 g/mol. The zero-order valence-corrected chi connectivity index (χ0v) is 17.9. The van der Waals surface area contributed by atoms with Crippen LogP contribution >= 0.6 is 23.4 Å². The molecule has 0 atom stereocenters. The summed E-state index contributed by atoms with van der Waals surface area (Å²) in [4.78, 5) is 0. The predicted octanol–water partition coefficient (Wildman–Crippen LogP) is 6.17. The van der Waals surface area contributed by atoms with Crippen LogP contribution in [0.3, 0.4) is 0 Å². The Balaban J connectivity index is 1.34. The van der Waals surface area contributed by atoms with E-state index in [1.54, 1.807) is 11.8 Å². The number of hydrogen-bond acceptors (Lipinski definition) is 3. The Bertz CT molecular complexity index is 822. The molecule has 148 valence electrons. The van der Waals surface area contributed by atoms with E-state index in [9.17, 15) is 0 Å². The van der Waals surface area contributed by atoms with Crippen molar-refractivity contribution in [2.24, 2.45) is 23.2 Å². The fraction of sp³-hybridized carbons (Fsp3) is 0.565. The van der Waals surface area contributed by atoms with Gasteiger partial charge < -0.3 is 4.57 Å². The van der Waals surface area contributed by atoms with E-state index in [2.05, 4.69) is 33.5 Å². The summed E-state index contributed by atoms with van der Waals surface area (Å²) >= 11 is 7.76. The number of aromatic nitrogens is 3. The van der Waals surface area contributed by atoms with Gasteiger partial charge in [-0.25, -0.2) is 0 Å². The highest BCUT2D eigenvalue weighted by atomic mass is 35.5. The van der Waals surface area contributed by atoms with Gasteiger partial charge in [0.2, 0.25) is 0 Å². The quantitative estimate of drug-likeness (QED) is 0.401. The largest absolute Gasteiger partial charge is 0.302 e. The first-order valence-electron chi connectivity index (χ1n) is 10.5. The van der Waals surface area contributed by atoms with Gasteiger partial charge in [0, 0.05) is 23.7 Å². The van der Waals surface area contributed by atoms with E-state index in [1.807, 2.05) is 18.2 Å². The minimum absolute atomic E-state index is 0.485. The lowest BCUT2D eigenvalue weighted by Gasteiger charge is -2.56. The van der Waals surface area contributed by atoms with Crippen LogP contribution in [0.15, 0.2) is 42.1 Å². The normalized spacial score (nSPS) is 30.7. The van der Waals surface area contributed by atoms with Crippen LogP contribution in [-0.4, -0.2) is 14.8 Å². The molecule has 0 amide bonds. The average Bonchev–Trinajstić information content (AvgIpc) is 3.01. The van der Waals surface area contributed by atoms with Crippen LogP contribution in [-0.2, 0) is 18.7 Å². The first-order valence-corrected chi connectivity index (χ1v) is 11.9. The fourth-order valence-electron chi connectivity index (χ4n) is 6.44. The van der Waals surface area contributed by atoms with Crippen molar-refractivity contribution in [3.63, 3.8) is 0 Å². The Morgan fingerprint density at radius 1 is 1.07 bits per heavy atom. The molecule has 1 aromatic heterocycles. The average molecular weight is 414 g/mol. The van der Waals surface area contributed by atoms with Gasteiger partial charge in [0.1, 0.15) is 5.82 Å². The van der Waals surface area contributed by atoms with E-state index in [1.165, 1.54) is 49.9 Å². The van der Waals surface area contributed by atoms with Gasteiger partial charge in [-0.1, -0.05) is 41.6 Å². The molecule has 2 aromatic rings. The Hall–Kier alpha value is -1.26. The molecule has 4 fully saturated rings. The molecule has 0 unspecified atom stereocenters. The zero-order valence-electron chi connectivity index (χ0n) is 16.3. The lowest BCUT2D eigenvalue weighted by atomic mass is 9.49. The standard InChI is InChI=1S/C23H28ClN3S/c1-2-7-27-21(14-23-11-17-8-18(12-23)10-19(9-17)13-23)25-26-22(27)28-15-16-3-5-20(24)6-4-16/h2-6,17-19H,1,7-15H2. The highest BCUT2D eigenvalue weighted by molar-refractivity contribution is 7.98. The second-order valence-corrected chi connectivity index (χ2v) is 10.7. The smallest absolute Gasteiger partial charge is 0.191 e. The molecule has 4 saturated carbocycles. The van der Waals surface area contributed by atoms with E-state index in [4.69, 9.17) is 11.6 Å². The maximum atomic E-state index is 6.00. The summed E-state index contributed by atoms with van der Waals surface area (Å²) in [6.45, 7) is 4.76. The number of hydrogen-bond donors (Lipinski definition) is 0. The highest BCUT2D eigenvalue weighted by Crippen LogP contribution is 2.61. The summed E-state index contributed by atoms with van der Waals surface area (Å²) in [7, 11) is 0. The van der Waals surface area contributed by atoms with Crippen LogP contribution < -0.4 is 0 Å². The molecule has 1 heterocycles. The molecule has 28 heavy (non-hydrogen) atoms. The van der Waals surface area contributed by atoms with E-state index in [0.717, 1.165) is 46.7 Å². The highest BCUT2D eigenvalue weighted by Gasteiger charge is 2.51. The molecule has 1 aromatic carbocycles. The van der Waals surface area contributed by atoms with Gasteiger partial charge in [-0.15, -0.1) is 16.8 Å². The summed E-state index contributed by atoms with van der Waals surface area (Å²) in [6, 6.07) is 8.06. The lowest BCUT2D eigenvalue weighted by Crippen LogP contribution is -2.47. The Kier molecular flexibility index (Phi) is 5.04. The third-order valence-corrected chi connectivity index (χ3v) is 8.37. The van der Waals surface area contributed by atoms with Gasteiger partial charge in [-0.3, -0.25) is 0 Å². The molecule has 0 saturated heterocycles. The zero-order chi connectivity index (χ0) is 19.1. The van der Waals surface area contributed by atoms with Crippen molar-refractivity contribution in [3.8, 4) is 0 Å². The van der Waals surface area contributed by atoms with Crippen molar-refractivity contribution < 1.29 is 0 Å². The number of thioether (sulfide) groups is 1. The van der Waals surface area contributed by atoms with Crippen molar-refractivity contribution in [1.29, 1.82) is 0 Å². The van der Waals surface area contributed by atoms with Crippen LogP contribution in [0.5, 0.6) is 0 Å². The number of halogens is 1. The van der Waals surface area contributed by atoms with E-state index in [0.29, 0.717) is 5.41 Å². The van der Waals surface area contributed by atoms with Crippen molar-refractivity contribution in [1.82, 2.24) is 14.8 Å². The number of rotatable bonds is 7. The second kappa shape index (κ2) is 7.53. The Labute approximate surface area is 177 Å². The molecule has 6 rings (SSSR count). The van der Waals surface area contributed by atoms with Crippen LogP contribution in [0.25, 0.3) is 0 Å². The molecule has 4 aliphatic rings. The van der Waals surface area contributed by atoms with Crippen LogP contribution in [0.2, 0.25) is 5.02 Å². The summed E-state index contributed by atoms with van der Waals surface area (Å²) in [6.07, 6.45) is 11.8. The summed E-state index contributed by atoms with van der Waals surface area (Å²) < 4.78 is 2.30. The molecule has 4 bridgehead atoms. The summed E-state index contributed by atoms with van der Waals surface area (Å²) in [5.74, 6) is 4.96. The molecule has 4 aliphatic carbocycles. The third-order valence-electron chi connectivity index (χ3n) is 7.08. The summed E-state index contributed by atoms with van der Waals surface area (Å²) in [5, 5.41) is 11.0. The van der Waals surface area contributed by atoms with Crippen LogP contribution in [0, 0.1) is 23.2 Å². The van der Waals surface area contributed by atoms with Gasteiger partial charge >= 0.3 is 0 Å². The maximum Gasteiger partial charge on any atom is 0.191 e. The van der Waals surface area contributed by atoms with Crippen molar-refractivity contribution in [3.05, 3.63) is 53.3 Å². The monoisotopic (exact) mass is 413 g/mol. The van der Waals surface area contributed by atoms with Gasteiger partial charge in [0.15, 0.2) is 5.16 Å². The third kappa shape index (κ3) is 3.66. The lowest BCUT2D eigenvalue weighted by molar-refractivity contribution is -0.0535. The first-order chi connectivity index (χ1) is 13.6. The Morgan fingerprint density at radius 3 is 2.32 bits per heavy atom. The number of nitrogens with zero attached hydrogens (tertiary/aromatic N) is 3. The molecule has 0 spiro atoms. The molecular formula is C23H28ClN3S. The van der Waals surface area contributed by atoms with Gasteiger partial charge in [-0.05, 0) is 79.4 Å². The van der Waals surface area contributed by atoms with Crippen molar-refractivity contribution >= 4 is 23.4 Å². The van der Waals surface area contributed by atoms with Gasteiger partial charge in [0.05, 0.1) is 0 Å². The maximum absolute atomic E-state index is 6.00. The molecule has 0 aliphatic heterocycles. The minimum atomic E-state index is 0.485. The number of allylic oxidation sites excluding steroid dienone is 1. The van der Waals surface area contributed by atoms with E-state index >= 15 is 0 Å². The van der Waals surface area contributed by atoms with E-state index in [-0.39, 0.29) is 0 Å². The topological polar surface area (TPSA) is 30.7 Å². The Morgan fingerprint density at radius 2 is 1.71 bits per heavy atom. The van der Waals surface area contributed by atoms with Crippen LogP contribution in [0.4, 0.5) is 0 Å². The van der Waals surface area contributed by atoms with Crippen molar-refractivity contribution in [2.45, 2.75) is 62.4 Å². The molecule has 5 heteroatoms. The second-order valence-electron chi connectivity index (χ2n) is 9.31. The molecule has 0 N–H and O–H groups in total. The minimum Gasteiger partial charge on any atom is -0.302 e. The predicted molar refractivity (Wildman–Crippen MR) is 116 cm³/mol. The fourth-order valence-corrected chi connectivity index (χ4v) is 7.49. The van der Waals surface area contributed by atoms with Gasteiger partial charge in [-0.2, -0.15) is 0 Å². The first kappa shape index (κ1) is 18.7.